The average Bonchev–Trinajstić information content (AvgIpc) is 3.48. The van der Waals surface area contributed by atoms with Crippen molar-refractivity contribution in [3.63, 3.8) is 0 Å². The number of nitrogens with one attached hydrogen (secondary N) is 7. The number of hydrogen-bond acceptors (Lipinski definition) is 11. The molecule has 0 unspecified atom stereocenters. The van der Waals surface area contributed by atoms with Crippen molar-refractivity contribution in [3.8, 4) is 0 Å². The van der Waals surface area contributed by atoms with Crippen molar-refractivity contribution in [1.82, 2.24) is 41.9 Å². The number of hydrogen-bond donors (Lipinski definition) is 12. The summed E-state index contributed by atoms with van der Waals surface area (Å²) in [5, 5.41) is 31.8. The third-order valence-electron chi connectivity index (χ3n) is 6.26. The molecule has 19 nitrogen and oxygen atoms in total. The van der Waals surface area contributed by atoms with E-state index >= 15 is 0 Å². The predicted octanol–water partition coefficient (Wildman–Crippen LogP) is -3.49. The first-order valence-corrected chi connectivity index (χ1v) is 15.0. The highest BCUT2D eigenvalue weighted by Gasteiger charge is 2.33. The maximum atomic E-state index is 13.2. The van der Waals surface area contributed by atoms with Gasteiger partial charge in [0, 0.05) is 29.8 Å². The number of thiol groups is 2. The van der Waals surface area contributed by atoms with Crippen LogP contribution in [0.1, 0.15) is 32.9 Å². The van der Waals surface area contributed by atoms with Gasteiger partial charge in [-0.05, 0) is 12.8 Å². The molecule has 0 saturated carbocycles. The molecule has 256 valence electrons. The Balaban J connectivity index is 2.98. The average molecular weight is 690 g/mol. The van der Waals surface area contributed by atoms with E-state index in [1.807, 2.05) is 5.32 Å². The maximum absolute atomic E-state index is 13.2. The summed E-state index contributed by atoms with van der Waals surface area (Å²) >= 11 is 7.98. The van der Waals surface area contributed by atoms with Crippen molar-refractivity contribution < 1.29 is 48.6 Å². The highest BCUT2D eigenvalue weighted by atomic mass is 32.1. The smallest absolute Gasteiger partial charge is 0.405 e. The molecule has 1 rings (SSSR count). The zero-order chi connectivity index (χ0) is 35.1. The molecule has 1 aromatic heterocycles. The molecule has 7 amide bonds. The van der Waals surface area contributed by atoms with Gasteiger partial charge in [0.1, 0.15) is 36.3 Å². The zero-order valence-corrected chi connectivity index (χ0v) is 26.9. The highest BCUT2D eigenvalue weighted by Crippen LogP contribution is 2.06. The van der Waals surface area contributed by atoms with Crippen LogP contribution in [0.2, 0.25) is 0 Å². The Kier molecular flexibility index (Phi) is 16.4. The summed E-state index contributed by atoms with van der Waals surface area (Å²) in [6.45, 7) is 4.51. The van der Waals surface area contributed by atoms with Crippen molar-refractivity contribution >= 4 is 72.8 Å². The maximum Gasteiger partial charge on any atom is 0.405 e. The van der Waals surface area contributed by atoms with Crippen LogP contribution in [0, 0.1) is 5.92 Å². The fourth-order valence-electron chi connectivity index (χ4n) is 3.76. The van der Waals surface area contributed by atoms with Crippen LogP contribution in [-0.2, 0) is 40.0 Å². The minimum Gasteiger partial charge on any atom is -0.481 e. The SMILES string of the molecule is CC(C)[C@H](NC(=O)[C@H](C)NC(=O)[C@H](Cc1cnc[nH]1)NC(=O)[C@H](CS)NC(=O)O)C(=O)N[C@@H](CS)C(=O)N[C@@H](CC(=O)O)C(N)=O. The number of aromatic nitrogens is 2. The summed E-state index contributed by atoms with van der Waals surface area (Å²) < 4.78 is 0. The van der Waals surface area contributed by atoms with E-state index in [9.17, 15) is 38.4 Å². The lowest BCUT2D eigenvalue weighted by Crippen LogP contribution is -2.60. The molecule has 0 aromatic carbocycles. The van der Waals surface area contributed by atoms with Crippen molar-refractivity contribution in [1.29, 1.82) is 0 Å². The zero-order valence-electron chi connectivity index (χ0n) is 25.1. The number of carboxylic acid groups (broad SMARTS) is 2. The van der Waals surface area contributed by atoms with Gasteiger partial charge in [-0.25, -0.2) is 9.78 Å². The summed E-state index contributed by atoms with van der Waals surface area (Å²) in [6.07, 6.45) is 0.372. The second-order valence-corrected chi connectivity index (χ2v) is 11.0. The number of carboxylic acids is 1. The molecule has 0 bridgehead atoms. The van der Waals surface area contributed by atoms with E-state index in [1.165, 1.54) is 19.4 Å². The third kappa shape index (κ3) is 13.2. The van der Waals surface area contributed by atoms with Crippen molar-refractivity contribution in [2.45, 2.75) is 69.9 Å². The van der Waals surface area contributed by atoms with Crippen LogP contribution >= 0.6 is 25.3 Å². The summed E-state index contributed by atoms with van der Waals surface area (Å²) in [5.74, 6) is -7.74. The van der Waals surface area contributed by atoms with E-state index in [-0.39, 0.29) is 17.9 Å². The van der Waals surface area contributed by atoms with Gasteiger partial charge in [0.15, 0.2) is 0 Å². The fourth-order valence-corrected chi connectivity index (χ4v) is 4.27. The lowest BCUT2D eigenvalue weighted by atomic mass is 10.0. The van der Waals surface area contributed by atoms with Crippen LogP contribution in [0.25, 0.3) is 0 Å². The highest BCUT2D eigenvalue weighted by molar-refractivity contribution is 7.80. The fraction of sp³-hybridized carbons (Fsp3) is 0.560. The van der Waals surface area contributed by atoms with E-state index in [4.69, 9.17) is 15.9 Å². The van der Waals surface area contributed by atoms with E-state index in [0.717, 1.165) is 0 Å². The lowest BCUT2D eigenvalue weighted by molar-refractivity contribution is -0.140. The molecule has 11 N–H and O–H groups in total. The van der Waals surface area contributed by atoms with E-state index < -0.39 is 96.1 Å². The molecular weight excluding hydrogens is 650 g/mol. The normalized spacial score (nSPS) is 14.7. The van der Waals surface area contributed by atoms with Gasteiger partial charge in [-0.2, -0.15) is 25.3 Å². The van der Waals surface area contributed by atoms with Crippen LogP contribution in [0.15, 0.2) is 12.5 Å². The number of nitrogens with two attached hydrogens (primary N) is 1. The Morgan fingerprint density at radius 1 is 0.761 bits per heavy atom. The Morgan fingerprint density at radius 2 is 1.28 bits per heavy atom. The van der Waals surface area contributed by atoms with Gasteiger partial charge in [0.2, 0.25) is 35.4 Å². The first-order valence-electron chi connectivity index (χ1n) is 13.7. The van der Waals surface area contributed by atoms with E-state index in [1.54, 1.807) is 13.8 Å². The number of H-pyrrole nitrogens is 1. The van der Waals surface area contributed by atoms with Crippen LogP contribution in [0.4, 0.5) is 4.79 Å². The van der Waals surface area contributed by atoms with Crippen LogP contribution in [0.5, 0.6) is 0 Å². The second-order valence-electron chi connectivity index (χ2n) is 10.3. The minimum atomic E-state index is -1.55. The molecule has 0 radical (unpaired) electrons. The number of aromatic amines is 1. The molecule has 46 heavy (non-hydrogen) atoms. The van der Waals surface area contributed by atoms with Gasteiger partial charge in [-0.1, -0.05) is 13.8 Å². The van der Waals surface area contributed by atoms with Crippen molar-refractivity contribution in [2.24, 2.45) is 11.7 Å². The number of nitrogens with zero attached hydrogens (tertiary/aromatic N) is 1. The first-order chi connectivity index (χ1) is 21.5. The number of primary amides is 1. The second kappa shape index (κ2) is 19.1. The van der Waals surface area contributed by atoms with Crippen molar-refractivity contribution in [2.75, 3.05) is 11.5 Å². The topological polar surface area (TPSA) is 304 Å². The van der Waals surface area contributed by atoms with Gasteiger partial charge < -0.3 is 52.8 Å². The van der Waals surface area contributed by atoms with Gasteiger partial charge >= 0.3 is 12.1 Å². The summed E-state index contributed by atoms with van der Waals surface area (Å²) in [6, 6.07) is -7.95. The molecule has 1 heterocycles. The van der Waals surface area contributed by atoms with E-state index in [2.05, 4.69) is 61.8 Å². The molecule has 0 fully saturated rings. The first kappa shape index (κ1) is 39.5. The largest absolute Gasteiger partial charge is 0.481 e. The number of rotatable bonds is 19. The lowest BCUT2D eigenvalue weighted by Gasteiger charge is -2.27. The van der Waals surface area contributed by atoms with Gasteiger partial charge in [-0.15, -0.1) is 0 Å². The molecule has 0 aliphatic heterocycles. The predicted molar refractivity (Wildman–Crippen MR) is 167 cm³/mol. The minimum absolute atomic E-state index is 0.106. The summed E-state index contributed by atoms with van der Waals surface area (Å²) in [4.78, 5) is 105. The van der Waals surface area contributed by atoms with Crippen LogP contribution < -0.4 is 37.6 Å². The molecule has 0 spiro atoms. The number of carbonyl (C=O) groups excluding carboxylic acids is 6. The Labute approximate surface area is 274 Å². The Bertz CT molecular complexity index is 1260. The molecule has 0 aliphatic rings. The number of aliphatic carboxylic acids is 1. The number of imidazole rings is 1. The standard InChI is InChI=1S/C25H39N9O10S2/c1-10(2)18(24(42)32-15(7-45)22(40)30-13(19(26)37)5-17(35)36)34-20(38)11(3)29-21(39)14(4-12-6-27-9-28-12)31-23(41)16(8-46)33-25(43)44/h6,9-11,13-16,18,33,45-46H,4-5,7-8H2,1-3H3,(H2,26,37)(H,27,28)(H,29,39)(H,30,40)(H,31,41)(H,32,42)(H,34,38)(H,35,36)(H,43,44)/t11-,13-,14-,15-,16-,18-/m0/s1. The molecule has 1 aromatic rings. The number of amides is 7. The molecule has 0 aliphatic carbocycles. The third-order valence-corrected chi connectivity index (χ3v) is 6.99. The molecule has 0 saturated heterocycles. The molecule has 6 atom stereocenters. The molecular formula is C25H39N9O10S2. The Morgan fingerprint density at radius 3 is 1.74 bits per heavy atom. The Hall–Kier alpha value is -4.53. The van der Waals surface area contributed by atoms with Crippen LogP contribution in [-0.4, -0.2) is 115 Å². The quantitative estimate of drug-likeness (QED) is 0.0633. The van der Waals surface area contributed by atoms with Crippen molar-refractivity contribution in [3.05, 3.63) is 18.2 Å². The summed E-state index contributed by atoms with van der Waals surface area (Å²) in [5.41, 5.74) is 5.58. The van der Waals surface area contributed by atoms with Gasteiger partial charge in [0.05, 0.1) is 12.7 Å². The van der Waals surface area contributed by atoms with Gasteiger partial charge in [-0.3, -0.25) is 33.6 Å². The summed E-state index contributed by atoms with van der Waals surface area (Å²) in [7, 11) is 0. The monoisotopic (exact) mass is 689 g/mol. The number of carbonyl (C=O) groups is 8. The van der Waals surface area contributed by atoms with E-state index in [0.29, 0.717) is 5.69 Å². The van der Waals surface area contributed by atoms with Crippen LogP contribution in [0.3, 0.4) is 0 Å². The van der Waals surface area contributed by atoms with Gasteiger partial charge in [0.25, 0.3) is 0 Å². The molecule has 21 heteroatoms.